The van der Waals surface area contributed by atoms with Gasteiger partial charge < -0.3 is 19.8 Å². The van der Waals surface area contributed by atoms with Crippen molar-refractivity contribution < 1.29 is 9.15 Å². The molecule has 2 N–H and O–H groups in total. The molecule has 1 aliphatic carbocycles. The predicted molar refractivity (Wildman–Crippen MR) is 115 cm³/mol. The van der Waals surface area contributed by atoms with Gasteiger partial charge in [-0.15, -0.1) is 24.0 Å². The van der Waals surface area contributed by atoms with E-state index in [9.17, 15) is 0 Å². The van der Waals surface area contributed by atoms with Crippen LogP contribution >= 0.6 is 24.0 Å². The zero-order valence-electron chi connectivity index (χ0n) is 15.6. The van der Waals surface area contributed by atoms with E-state index in [0.29, 0.717) is 6.04 Å². The fourth-order valence-corrected chi connectivity index (χ4v) is 3.48. The van der Waals surface area contributed by atoms with Crippen LogP contribution in [-0.4, -0.2) is 62.8 Å². The van der Waals surface area contributed by atoms with Gasteiger partial charge in [-0.05, 0) is 25.0 Å². The average molecular weight is 476 g/mol. The van der Waals surface area contributed by atoms with Crippen molar-refractivity contribution in [1.29, 1.82) is 0 Å². The Morgan fingerprint density at radius 2 is 2.00 bits per heavy atom. The monoisotopic (exact) mass is 476 g/mol. The highest BCUT2D eigenvalue weighted by Crippen LogP contribution is 2.17. The standard InChI is InChI=1S/C19H32N4O2.HI/c1-2-5-17(6-3-1)22-19(20-9-8-18-7-4-14-25-18)21-10-11-23-12-15-24-16-13-23;/h4,7,14,17H,1-3,5-6,8-13,15-16H2,(H2,20,21,22);1H. The molecule has 3 rings (SSSR count). The van der Waals surface area contributed by atoms with Crippen LogP contribution in [0.1, 0.15) is 37.9 Å². The Morgan fingerprint density at radius 3 is 2.73 bits per heavy atom. The SMILES string of the molecule is I.c1coc(CCNC(=NCCN2CCOCC2)NC2CCCCC2)c1. The van der Waals surface area contributed by atoms with Crippen molar-refractivity contribution in [2.24, 2.45) is 4.99 Å². The third kappa shape index (κ3) is 7.84. The molecule has 1 aromatic heterocycles. The Morgan fingerprint density at radius 1 is 1.19 bits per heavy atom. The summed E-state index contributed by atoms with van der Waals surface area (Å²) in [6, 6.07) is 4.52. The first-order valence-corrected chi connectivity index (χ1v) is 9.77. The van der Waals surface area contributed by atoms with Crippen molar-refractivity contribution in [2.75, 3.05) is 45.9 Å². The minimum atomic E-state index is 0. The summed E-state index contributed by atoms with van der Waals surface area (Å²) in [6.45, 7) is 6.39. The number of morpholine rings is 1. The van der Waals surface area contributed by atoms with Crippen molar-refractivity contribution in [3.05, 3.63) is 24.2 Å². The number of hydrogen-bond donors (Lipinski definition) is 2. The van der Waals surface area contributed by atoms with Gasteiger partial charge in [0.2, 0.25) is 0 Å². The van der Waals surface area contributed by atoms with Crippen LogP contribution in [0.5, 0.6) is 0 Å². The highest BCUT2D eigenvalue weighted by atomic mass is 127. The summed E-state index contributed by atoms with van der Waals surface area (Å²) in [6.07, 6.45) is 9.13. The van der Waals surface area contributed by atoms with Crippen LogP contribution in [0.25, 0.3) is 0 Å². The van der Waals surface area contributed by atoms with E-state index in [-0.39, 0.29) is 24.0 Å². The molecule has 0 atom stereocenters. The zero-order valence-corrected chi connectivity index (χ0v) is 18.0. The molecule has 26 heavy (non-hydrogen) atoms. The molecule has 1 saturated heterocycles. The first kappa shape index (κ1) is 21.5. The number of hydrogen-bond acceptors (Lipinski definition) is 4. The number of aliphatic imine (C=N–C) groups is 1. The summed E-state index contributed by atoms with van der Waals surface area (Å²) in [7, 11) is 0. The Hall–Kier alpha value is -0.800. The first-order chi connectivity index (χ1) is 12.4. The molecule has 2 heterocycles. The summed E-state index contributed by atoms with van der Waals surface area (Å²) in [4.78, 5) is 7.24. The molecule has 2 fully saturated rings. The summed E-state index contributed by atoms with van der Waals surface area (Å²) >= 11 is 0. The Bertz CT molecular complexity index is 498. The summed E-state index contributed by atoms with van der Waals surface area (Å²) in [5.41, 5.74) is 0. The van der Waals surface area contributed by atoms with Crippen molar-refractivity contribution in [2.45, 2.75) is 44.6 Å². The minimum Gasteiger partial charge on any atom is -0.469 e. The molecule has 1 aliphatic heterocycles. The zero-order chi connectivity index (χ0) is 17.2. The molecular weight excluding hydrogens is 443 g/mol. The Balaban J connectivity index is 0.00000243. The van der Waals surface area contributed by atoms with Crippen LogP contribution in [0.4, 0.5) is 0 Å². The lowest BCUT2D eigenvalue weighted by atomic mass is 9.96. The van der Waals surface area contributed by atoms with E-state index in [4.69, 9.17) is 14.1 Å². The molecule has 0 amide bonds. The lowest BCUT2D eigenvalue weighted by Crippen LogP contribution is -2.45. The largest absolute Gasteiger partial charge is 0.469 e. The summed E-state index contributed by atoms with van der Waals surface area (Å²) in [5.74, 6) is 1.96. The van der Waals surface area contributed by atoms with E-state index < -0.39 is 0 Å². The van der Waals surface area contributed by atoms with E-state index in [0.717, 1.165) is 64.1 Å². The molecule has 0 aromatic carbocycles. The van der Waals surface area contributed by atoms with Crippen LogP contribution in [-0.2, 0) is 11.2 Å². The Labute approximate surface area is 174 Å². The minimum absolute atomic E-state index is 0. The number of furan rings is 1. The molecule has 148 valence electrons. The fourth-order valence-electron chi connectivity index (χ4n) is 3.48. The highest BCUT2D eigenvalue weighted by Gasteiger charge is 2.15. The fraction of sp³-hybridized carbons (Fsp3) is 0.737. The molecule has 0 unspecified atom stereocenters. The van der Waals surface area contributed by atoms with Crippen molar-refractivity contribution in [3.63, 3.8) is 0 Å². The van der Waals surface area contributed by atoms with E-state index in [1.165, 1.54) is 32.1 Å². The quantitative estimate of drug-likeness (QED) is 0.360. The van der Waals surface area contributed by atoms with Gasteiger partial charge in [-0.3, -0.25) is 9.89 Å². The number of nitrogens with one attached hydrogen (secondary N) is 2. The molecule has 0 radical (unpaired) electrons. The molecule has 0 spiro atoms. The van der Waals surface area contributed by atoms with Crippen molar-refractivity contribution in [3.8, 4) is 0 Å². The molecule has 1 saturated carbocycles. The number of ether oxygens (including phenoxy) is 1. The first-order valence-electron chi connectivity index (χ1n) is 9.77. The average Bonchev–Trinajstić information content (AvgIpc) is 3.17. The van der Waals surface area contributed by atoms with Gasteiger partial charge in [0, 0.05) is 38.6 Å². The van der Waals surface area contributed by atoms with Crippen LogP contribution < -0.4 is 10.6 Å². The van der Waals surface area contributed by atoms with Crippen LogP contribution in [0.3, 0.4) is 0 Å². The van der Waals surface area contributed by atoms with Crippen LogP contribution in [0.15, 0.2) is 27.8 Å². The maximum atomic E-state index is 5.41. The van der Waals surface area contributed by atoms with Gasteiger partial charge in [-0.2, -0.15) is 0 Å². The normalized spacial score (nSPS) is 19.8. The van der Waals surface area contributed by atoms with Gasteiger partial charge in [0.15, 0.2) is 5.96 Å². The number of nitrogens with zero attached hydrogens (tertiary/aromatic N) is 2. The summed E-state index contributed by atoms with van der Waals surface area (Å²) in [5, 5.41) is 7.12. The maximum absolute atomic E-state index is 5.41. The van der Waals surface area contributed by atoms with E-state index >= 15 is 0 Å². The van der Waals surface area contributed by atoms with E-state index in [2.05, 4.69) is 15.5 Å². The number of halogens is 1. The van der Waals surface area contributed by atoms with Gasteiger partial charge >= 0.3 is 0 Å². The van der Waals surface area contributed by atoms with Crippen molar-refractivity contribution >= 4 is 29.9 Å². The van der Waals surface area contributed by atoms with Gasteiger partial charge in [-0.25, -0.2) is 0 Å². The van der Waals surface area contributed by atoms with Gasteiger partial charge in [0.1, 0.15) is 5.76 Å². The van der Waals surface area contributed by atoms with Crippen LogP contribution in [0.2, 0.25) is 0 Å². The second-order valence-electron chi connectivity index (χ2n) is 6.92. The lowest BCUT2D eigenvalue weighted by molar-refractivity contribution is 0.0394. The number of rotatable bonds is 7. The third-order valence-electron chi connectivity index (χ3n) is 4.98. The lowest BCUT2D eigenvalue weighted by Gasteiger charge is -2.27. The van der Waals surface area contributed by atoms with Gasteiger partial charge in [-0.1, -0.05) is 19.3 Å². The topological polar surface area (TPSA) is 62.0 Å². The second-order valence-corrected chi connectivity index (χ2v) is 6.92. The molecule has 6 nitrogen and oxygen atoms in total. The van der Waals surface area contributed by atoms with Crippen molar-refractivity contribution in [1.82, 2.24) is 15.5 Å². The molecular formula is C19H33IN4O2. The molecule has 7 heteroatoms. The highest BCUT2D eigenvalue weighted by molar-refractivity contribution is 14.0. The number of guanidine groups is 1. The molecule has 2 aliphatic rings. The Kier molecular flexibility index (Phi) is 10.4. The van der Waals surface area contributed by atoms with E-state index in [1.807, 2.05) is 12.1 Å². The van der Waals surface area contributed by atoms with E-state index in [1.54, 1.807) is 6.26 Å². The second kappa shape index (κ2) is 12.6. The smallest absolute Gasteiger partial charge is 0.191 e. The maximum Gasteiger partial charge on any atom is 0.191 e. The third-order valence-corrected chi connectivity index (χ3v) is 4.98. The summed E-state index contributed by atoms with van der Waals surface area (Å²) < 4.78 is 10.8. The molecule has 0 bridgehead atoms. The molecule has 1 aromatic rings. The van der Waals surface area contributed by atoms with Crippen LogP contribution in [0, 0.1) is 0 Å². The predicted octanol–water partition coefficient (Wildman–Crippen LogP) is 2.64. The van der Waals surface area contributed by atoms with Gasteiger partial charge in [0.05, 0.1) is 26.0 Å². The van der Waals surface area contributed by atoms with Gasteiger partial charge in [0.25, 0.3) is 0 Å².